The van der Waals surface area contributed by atoms with Gasteiger partial charge < -0.3 is 4.74 Å². The molecule has 1 aliphatic rings. The van der Waals surface area contributed by atoms with Gasteiger partial charge in [-0.15, -0.1) is 0 Å². The number of nitrogens with one attached hydrogen (secondary N) is 1. The Labute approximate surface area is 140 Å². The zero-order chi connectivity index (χ0) is 17.2. The van der Waals surface area contributed by atoms with Crippen molar-refractivity contribution in [3.05, 3.63) is 23.3 Å². The molecule has 0 aromatic heterocycles. The van der Waals surface area contributed by atoms with E-state index in [-0.39, 0.29) is 16.9 Å². The Morgan fingerprint density at radius 1 is 1.22 bits per heavy atom. The Kier molecular flexibility index (Phi) is 5.74. The predicted octanol–water partition coefficient (Wildman–Crippen LogP) is 3.98. The van der Waals surface area contributed by atoms with Crippen molar-refractivity contribution in [2.75, 3.05) is 7.11 Å². The maximum absolute atomic E-state index is 12.9. The van der Waals surface area contributed by atoms with Gasteiger partial charge in [-0.1, -0.05) is 33.6 Å². The van der Waals surface area contributed by atoms with Crippen molar-refractivity contribution < 1.29 is 13.2 Å². The number of hydrogen-bond donors (Lipinski definition) is 1. The van der Waals surface area contributed by atoms with Crippen molar-refractivity contribution >= 4 is 10.0 Å². The summed E-state index contributed by atoms with van der Waals surface area (Å²) in [5.74, 6) is 1.06. The summed E-state index contributed by atoms with van der Waals surface area (Å²) in [5, 5.41) is 0. The van der Waals surface area contributed by atoms with Crippen LogP contribution < -0.4 is 9.46 Å². The van der Waals surface area contributed by atoms with E-state index in [1.807, 2.05) is 13.0 Å². The smallest absolute Gasteiger partial charge is 0.244 e. The molecule has 1 aromatic carbocycles. The third-order valence-electron chi connectivity index (χ3n) is 4.88. The van der Waals surface area contributed by atoms with Crippen LogP contribution in [0.5, 0.6) is 5.75 Å². The maximum atomic E-state index is 12.9. The van der Waals surface area contributed by atoms with Crippen molar-refractivity contribution in [2.45, 2.75) is 70.2 Å². The van der Waals surface area contributed by atoms with Gasteiger partial charge in [-0.3, -0.25) is 0 Å². The Morgan fingerprint density at radius 3 is 2.43 bits per heavy atom. The van der Waals surface area contributed by atoms with E-state index >= 15 is 0 Å². The Bertz CT molecular complexity index is 652. The number of hydrogen-bond acceptors (Lipinski definition) is 3. The second-order valence-electron chi connectivity index (χ2n) is 7.00. The number of sulfonamides is 1. The summed E-state index contributed by atoms with van der Waals surface area (Å²) in [6.07, 6.45) is 4.26. The van der Waals surface area contributed by atoms with E-state index in [2.05, 4.69) is 25.5 Å². The minimum Gasteiger partial charge on any atom is -0.495 e. The van der Waals surface area contributed by atoms with Crippen LogP contribution in [0, 0.1) is 12.8 Å². The van der Waals surface area contributed by atoms with Gasteiger partial charge in [-0.2, -0.15) is 0 Å². The number of benzene rings is 1. The topological polar surface area (TPSA) is 55.4 Å². The first kappa shape index (κ1) is 18.3. The van der Waals surface area contributed by atoms with Gasteiger partial charge >= 0.3 is 0 Å². The van der Waals surface area contributed by atoms with Crippen LogP contribution in [0.2, 0.25) is 0 Å². The lowest BCUT2D eigenvalue weighted by Gasteiger charge is -2.29. The summed E-state index contributed by atoms with van der Waals surface area (Å²) in [6, 6.07) is 3.62. The largest absolute Gasteiger partial charge is 0.495 e. The molecule has 23 heavy (non-hydrogen) atoms. The van der Waals surface area contributed by atoms with Gasteiger partial charge in [0, 0.05) is 6.04 Å². The molecule has 1 fully saturated rings. The minimum atomic E-state index is -3.58. The Hall–Kier alpha value is -1.07. The first-order valence-electron chi connectivity index (χ1n) is 8.47. The van der Waals surface area contributed by atoms with E-state index in [1.165, 1.54) is 13.5 Å². The van der Waals surface area contributed by atoms with Crippen LogP contribution in [0.25, 0.3) is 0 Å². The molecule has 0 saturated heterocycles. The van der Waals surface area contributed by atoms with Gasteiger partial charge in [0.2, 0.25) is 10.0 Å². The maximum Gasteiger partial charge on any atom is 0.244 e. The number of rotatable bonds is 5. The van der Waals surface area contributed by atoms with Gasteiger partial charge in [-0.05, 0) is 54.9 Å². The average molecular weight is 340 g/mol. The van der Waals surface area contributed by atoms with Crippen molar-refractivity contribution in [1.29, 1.82) is 0 Å². The van der Waals surface area contributed by atoms with E-state index in [9.17, 15) is 8.42 Å². The molecule has 0 unspecified atom stereocenters. The normalized spacial score (nSPS) is 22.3. The van der Waals surface area contributed by atoms with Gasteiger partial charge in [0.25, 0.3) is 0 Å². The molecule has 0 heterocycles. The molecule has 0 bridgehead atoms. The number of methoxy groups -OCH3 is 1. The monoisotopic (exact) mass is 339 g/mol. The average Bonchev–Trinajstić information content (AvgIpc) is 2.48. The second kappa shape index (κ2) is 7.22. The van der Waals surface area contributed by atoms with E-state index < -0.39 is 10.0 Å². The zero-order valence-electron chi connectivity index (χ0n) is 14.8. The van der Waals surface area contributed by atoms with Crippen LogP contribution in [0.15, 0.2) is 17.0 Å². The second-order valence-corrected chi connectivity index (χ2v) is 8.69. The van der Waals surface area contributed by atoms with Crippen LogP contribution in [0.1, 0.15) is 63.5 Å². The van der Waals surface area contributed by atoms with Crippen molar-refractivity contribution in [2.24, 2.45) is 5.92 Å². The molecule has 0 aliphatic heterocycles. The lowest BCUT2D eigenvalue weighted by Crippen LogP contribution is -2.41. The Morgan fingerprint density at radius 2 is 1.87 bits per heavy atom. The fourth-order valence-electron chi connectivity index (χ4n) is 3.42. The number of aryl methyl sites for hydroxylation is 1. The molecule has 130 valence electrons. The van der Waals surface area contributed by atoms with Gasteiger partial charge in [0.1, 0.15) is 10.6 Å². The molecule has 1 aromatic rings. The molecule has 5 heteroatoms. The fraction of sp³-hybridized carbons (Fsp3) is 0.667. The molecular weight excluding hydrogens is 310 g/mol. The molecule has 0 spiro atoms. The van der Waals surface area contributed by atoms with E-state index in [0.717, 1.165) is 30.4 Å². The molecule has 2 atom stereocenters. The quantitative estimate of drug-likeness (QED) is 0.882. The summed E-state index contributed by atoms with van der Waals surface area (Å²) >= 11 is 0. The van der Waals surface area contributed by atoms with Crippen LogP contribution in [0.3, 0.4) is 0 Å². The molecule has 0 radical (unpaired) electrons. The first-order valence-corrected chi connectivity index (χ1v) is 9.95. The van der Waals surface area contributed by atoms with Crippen molar-refractivity contribution in [1.82, 2.24) is 4.72 Å². The Balaban J connectivity index is 2.39. The molecule has 0 amide bonds. The third-order valence-corrected chi connectivity index (χ3v) is 6.39. The standard InChI is InChI=1S/C18H29NO3S/c1-12(2)15-11-18(17(22-5)10-14(15)4)23(20,21)19-16-9-7-6-8-13(16)3/h10-13,16,19H,6-9H2,1-5H3/t13-,16+/m0/s1. The predicted molar refractivity (Wildman–Crippen MR) is 93.6 cm³/mol. The highest BCUT2D eigenvalue weighted by atomic mass is 32.2. The lowest BCUT2D eigenvalue weighted by atomic mass is 9.87. The van der Waals surface area contributed by atoms with Gasteiger partial charge in [0.15, 0.2) is 0 Å². The molecule has 2 rings (SSSR count). The SMILES string of the molecule is COc1cc(C)c(C(C)C)cc1S(=O)(=O)N[C@@H]1CCCC[C@@H]1C. The molecule has 1 saturated carbocycles. The minimum absolute atomic E-state index is 0.0160. The molecule has 4 nitrogen and oxygen atoms in total. The van der Waals surface area contributed by atoms with Crippen molar-refractivity contribution in [3.63, 3.8) is 0 Å². The summed E-state index contributed by atoms with van der Waals surface area (Å²) in [4.78, 5) is 0.257. The van der Waals surface area contributed by atoms with E-state index in [4.69, 9.17) is 4.74 Å². The lowest BCUT2D eigenvalue weighted by molar-refractivity contribution is 0.310. The number of ether oxygens (including phenoxy) is 1. The third kappa shape index (κ3) is 4.07. The van der Waals surface area contributed by atoms with Crippen LogP contribution in [-0.2, 0) is 10.0 Å². The van der Waals surface area contributed by atoms with Gasteiger partial charge in [0.05, 0.1) is 7.11 Å². The van der Waals surface area contributed by atoms with Crippen LogP contribution in [-0.4, -0.2) is 21.6 Å². The molecule has 1 aliphatic carbocycles. The first-order chi connectivity index (χ1) is 10.8. The zero-order valence-corrected chi connectivity index (χ0v) is 15.7. The van der Waals surface area contributed by atoms with Crippen LogP contribution >= 0.6 is 0 Å². The summed E-state index contributed by atoms with van der Waals surface area (Å²) in [5.41, 5.74) is 2.10. The molecule has 1 N–H and O–H groups in total. The summed E-state index contributed by atoms with van der Waals surface area (Å²) in [7, 11) is -2.06. The summed E-state index contributed by atoms with van der Waals surface area (Å²) in [6.45, 7) is 8.26. The highest BCUT2D eigenvalue weighted by molar-refractivity contribution is 7.89. The fourth-order valence-corrected chi connectivity index (χ4v) is 4.99. The highest BCUT2D eigenvalue weighted by Gasteiger charge is 2.29. The van der Waals surface area contributed by atoms with E-state index in [0.29, 0.717) is 11.7 Å². The van der Waals surface area contributed by atoms with Crippen LogP contribution in [0.4, 0.5) is 0 Å². The molecular formula is C18H29NO3S. The van der Waals surface area contributed by atoms with E-state index in [1.54, 1.807) is 6.07 Å². The van der Waals surface area contributed by atoms with Gasteiger partial charge in [-0.25, -0.2) is 13.1 Å². The summed E-state index contributed by atoms with van der Waals surface area (Å²) < 4.78 is 34.1. The van der Waals surface area contributed by atoms with Crippen molar-refractivity contribution in [3.8, 4) is 5.75 Å². The highest BCUT2D eigenvalue weighted by Crippen LogP contribution is 2.32.